The number of halogens is 1. The van der Waals surface area contributed by atoms with Gasteiger partial charge in [-0.15, -0.1) is 0 Å². The van der Waals surface area contributed by atoms with Gasteiger partial charge in [-0.25, -0.2) is 5.43 Å². The predicted octanol–water partition coefficient (Wildman–Crippen LogP) is 2.93. The maximum Gasteiger partial charge on any atom is 0.271 e. The van der Waals surface area contributed by atoms with Crippen LogP contribution in [0.3, 0.4) is 0 Å². The van der Waals surface area contributed by atoms with Crippen molar-refractivity contribution in [3.63, 3.8) is 0 Å². The van der Waals surface area contributed by atoms with Gasteiger partial charge in [0.1, 0.15) is 11.5 Å². The molecule has 0 aliphatic rings. The minimum absolute atomic E-state index is 0.0218. The molecule has 2 aromatic rings. The van der Waals surface area contributed by atoms with Gasteiger partial charge >= 0.3 is 0 Å². The van der Waals surface area contributed by atoms with Crippen molar-refractivity contribution in [1.29, 1.82) is 0 Å². The predicted molar refractivity (Wildman–Crippen MR) is 83.9 cm³/mol. The fourth-order valence-corrected chi connectivity index (χ4v) is 2.08. The van der Waals surface area contributed by atoms with E-state index in [1.165, 1.54) is 13.3 Å². The van der Waals surface area contributed by atoms with E-state index in [4.69, 9.17) is 4.74 Å². The van der Waals surface area contributed by atoms with Crippen LogP contribution >= 0.6 is 15.9 Å². The summed E-state index contributed by atoms with van der Waals surface area (Å²) in [5.74, 6) is 0.261. The summed E-state index contributed by atoms with van der Waals surface area (Å²) >= 11 is 3.22. The zero-order valence-corrected chi connectivity index (χ0v) is 12.8. The minimum atomic E-state index is -0.326. The van der Waals surface area contributed by atoms with Crippen LogP contribution in [0.2, 0.25) is 0 Å². The maximum absolute atomic E-state index is 11.8. The number of hydrogen-bond acceptors (Lipinski definition) is 4. The Hall–Kier alpha value is -2.34. The lowest BCUT2D eigenvalue weighted by atomic mass is 10.2. The third-order valence-corrected chi connectivity index (χ3v) is 3.31. The molecule has 2 rings (SSSR count). The van der Waals surface area contributed by atoms with Crippen molar-refractivity contribution in [3.8, 4) is 11.5 Å². The number of carbonyl (C=O) groups is 1. The van der Waals surface area contributed by atoms with Crippen LogP contribution in [0, 0.1) is 0 Å². The number of hydrogen-bond donors (Lipinski definition) is 2. The molecule has 0 bridgehead atoms. The molecule has 0 saturated heterocycles. The Bertz CT molecular complexity index is 672. The second kappa shape index (κ2) is 6.90. The van der Waals surface area contributed by atoms with E-state index in [1.807, 2.05) is 6.07 Å². The summed E-state index contributed by atoms with van der Waals surface area (Å²) < 4.78 is 5.58. The molecule has 2 N–H and O–H groups in total. The van der Waals surface area contributed by atoms with Crippen molar-refractivity contribution in [1.82, 2.24) is 5.43 Å². The number of amides is 1. The Morgan fingerprint density at radius 3 is 2.71 bits per heavy atom. The number of carbonyl (C=O) groups excluding carboxylic acids is 1. The average Bonchev–Trinajstić information content (AvgIpc) is 2.51. The van der Waals surface area contributed by atoms with Crippen LogP contribution in [0.5, 0.6) is 11.5 Å². The number of phenolic OH excluding ortho intramolecular Hbond substituents is 1. The van der Waals surface area contributed by atoms with Gasteiger partial charge in [-0.3, -0.25) is 4.79 Å². The van der Waals surface area contributed by atoms with Crippen molar-refractivity contribution < 1.29 is 14.6 Å². The first-order valence-electron chi connectivity index (χ1n) is 6.06. The minimum Gasteiger partial charge on any atom is -0.506 e. The van der Waals surface area contributed by atoms with E-state index in [0.29, 0.717) is 21.3 Å². The lowest BCUT2D eigenvalue weighted by Crippen LogP contribution is -2.17. The summed E-state index contributed by atoms with van der Waals surface area (Å²) in [7, 11) is 1.52. The third kappa shape index (κ3) is 3.82. The maximum atomic E-state index is 11.8. The standard InChI is InChI=1S/C15H13BrN2O3/c1-21-12-7-11(14(19)13(16)8-12)9-17-18-15(20)10-5-3-2-4-6-10/h2-9,19H,1H3,(H,18,20)/b17-9-. The topological polar surface area (TPSA) is 70.9 Å². The van der Waals surface area contributed by atoms with Crippen LogP contribution in [-0.2, 0) is 0 Å². The largest absolute Gasteiger partial charge is 0.506 e. The van der Waals surface area contributed by atoms with Crippen molar-refractivity contribution in [2.24, 2.45) is 5.10 Å². The Morgan fingerprint density at radius 2 is 2.05 bits per heavy atom. The molecule has 1 amide bonds. The van der Waals surface area contributed by atoms with E-state index in [0.717, 1.165) is 0 Å². The first kappa shape index (κ1) is 15.1. The molecule has 0 saturated carbocycles. The molecular weight excluding hydrogens is 336 g/mol. The van der Waals surface area contributed by atoms with Crippen LogP contribution in [0.25, 0.3) is 0 Å². The van der Waals surface area contributed by atoms with Crippen molar-refractivity contribution >= 4 is 28.1 Å². The highest BCUT2D eigenvalue weighted by atomic mass is 79.9. The highest BCUT2D eigenvalue weighted by Crippen LogP contribution is 2.31. The second-order valence-electron chi connectivity index (χ2n) is 4.11. The quantitative estimate of drug-likeness (QED) is 0.659. The molecule has 5 nitrogen and oxygen atoms in total. The van der Waals surface area contributed by atoms with Crippen molar-refractivity contribution in [2.45, 2.75) is 0 Å². The molecule has 0 aliphatic heterocycles. The van der Waals surface area contributed by atoms with Gasteiger partial charge in [-0.1, -0.05) is 18.2 Å². The molecule has 21 heavy (non-hydrogen) atoms. The number of phenols is 1. The van der Waals surface area contributed by atoms with Gasteiger partial charge in [0.25, 0.3) is 5.91 Å². The van der Waals surface area contributed by atoms with Gasteiger partial charge in [0.2, 0.25) is 0 Å². The highest BCUT2D eigenvalue weighted by molar-refractivity contribution is 9.10. The van der Waals surface area contributed by atoms with E-state index < -0.39 is 0 Å². The number of ether oxygens (including phenoxy) is 1. The van der Waals surface area contributed by atoms with Gasteiger partial charge in [-0.2, -0.15) is 5.10 Å². The Kier molecular flexibility index (Phi) is 4.94. The van der Waals surface area contributed by atoms with E-state index in [1.54, 1.807) is 36.4 Å². The summed E-state index contributed by atoms with van der Waals surface area (Å²) in [6.07, 6.45) is 1.35. The number of methoxy groups -OCH3 is 1. The molecular formula is C15H13BrN2O3. The lowest BCUT2D eigenvalue weighted by Gasteiger charge is -2.06. The molecule has 0 radical (unpaired) electrons. The smallest absolute Gasteiger partial charge is 0.271 e. The monoisotopic (exact) mass is 348 g/mol. The lowest BCUT2D eigenvalue weighted by molar-refractivity contribution is 0.0955. The van der Waals surface area contributed by atoms with Crippen LogP contribution in [0.4, 0.5) is 0 Å². The van der Waals surface area contributed by atoms with Crippen LogP contribution in [0.15, 0.2) is 52.0 Å². The van der Waals surface area contributed by atoms with E-state index in [2.05, 4.69) is 26.5 Å². The first-order valence-corrected chi connectivity index (χ1v) is 6.86. The zero-order chi connectivity index (χ0) is 15.2. The zero-order valence-electron chi connectivity index (χ0n) is 11.2. The average molecular weight is 349 g/mol. The van der Waals surface area contributed by atoms with Gasteiger partial charge in [-0.05, 0) is 40.2 Å². The molecule has 0 atom stereocenters. The van der Waals surface area contributed by atoms with Crippen molar-refractivity contribution in [2.75, 3.05) is 7.11 Å². The van der Waals surface area contributed by atoms with Crippen molar-refractivity contribution in [3.05, 3.63) is 58.1 Å². The number of nitrogens with one attached hydrogen (secondary N) is 1. The van der Waals surface area contributed by atoms with Gasteiger partial charge in [0, 0.05) is 11.1 Å². The van der Waals surface area contributed by atoms with E-state index in [9.17, 15) is 9.90 Å². The van der Waals surface area contributed by atoms with Gasteiger partial charge < -0.3 is 9.84 Å². The second-order valence-corrected chi connectivity index (χ2v) is 4.97. The van der Waals surface area contributed by atoms with Crippen LogP contribution in [-0.4, -0.2) is 24.3 Å². The molecule has 2 aromatic carbocycles. The summed E-state index contributed by atoms with van der Waals surface area (Å²) in [4.78, 5) is 11.8. The molecule has 0 aromatic heterocycles. The molecule has 108 valence electrons. The fourth-order valence-electron chi connectivity index (χ4n) is 1.63. The Morgan fingerprint density at radius 1 is 1.33 bits per heavy atom. The van der Waals surface area contributed by atoms with E-state index in [-0.39, 0.29) is 11.7 Å². The summed E-state index contributed by atoms with van der Waals surface area (Å²) in [5.41, 5.74) is 3.33. The Labute approximate surface area is 130 Å². The third-order valence-electron chi connectivity index (χ3n) is 2.71. The fraction of sp³-hybridized carbons (Fsp3) is 0.0667. The number of benzene rings is 2. The molecule has 0 aliphatic carbocycles. The Balaban J connectivity index is 2.12. The summed E-state index contributed by atoms with van der Waals surface area (Å²) in [5, 5.41) is 13.7. The van der Waals surface area contributed by atoms with Gasteiger partial charge in [0.15, 0.2) is 0 Å². The molecule has 0 heterocycles. The normalized spacial score (nSPS) is 10.6. The summed E-state index contributed by atoms with van der Waals surface area (Å²) in [6, 6.07) is 12.0. The number of hydrazone groups is 1. The van der Waals surface area contributed by atoms with Crippen LogP contribution < -0.4 is 10.2 Å². The van der Waals surface area contributed by atoms with E-state index >= 15 is 0 Å². The molecule has 6 heteroatoms. The first-order chi connectivity index (χ1) is 10.1. The summed E-state index contributed by atoms with van der Waals surface area (Å²) in [6.45, 7) is 0. The molecule has 0 spiro atoms. The molecule has 0 unspecified atom stereocenters. The SMILES string of the molecule is COc1cc(Br)c(O)c(/C=N\NC(=O)c2ccccc2)c1. The highest BCUT2D eigenvalue weighted by Gasteiger charge is 2.07. The van der Waals surface area contributed by atoms with Crippen LogP contribution in [0.1, 0.15) is 15.9 Å². The number of rotatable bonds is 4. The van der Waals surface area contributed by atoms with Gasteiger partial charge in [0.05, 0.1) is 17.8 Å². The number of aromatic hydroxyl groups is 1. The number of nitrogens with zero attached hydrogens (tertiary/aromatic N) is 1. The molecule has 0 fully saturated rings.